The Balaban J connectivity index is 2.02. The minimum Gasteiger partial charge on any atom is -0.497 e. The van der Waals surface area contributed by atoms with Crippen LogP contribution in [0.25, 0.3) is 0 Å². The van der Waals surface area contributed by atoms with Crippen molar-refractivity contribution in [3.8, 4) is 5.75 Å². The maximum atomic E-state index is 12.7. The Labute approximate surface area is 144 Å². The quantitative estimate of drug-likeness (QED) is 0.889. The molecule has 1 heterocycles. The van der Waals surface area contributed by atoms with Gasteiger partial charge in [-0.15, -0.1) is 11.8 Å². The molecule has 0 radical (unpaired) electrons. The number of para-hydroxylation sites is 1. The third kappa shape index (κ3) is 3.13. The molecule has 1 aliphatic heterocycles. The number of methoxy groups -OCH3 is 1. The molecule has 5 nitrogen and oxygen atoms in total. The number of aliphatic hydroxyl groups is 2. The van der Waals surface area contributed by atoms with Gasteiger partial charge in [0.05, 0.1) is 24.7 Å². The Morgan fingerprint density at radius 3 is 2.54 bits per heavy atom. The van der Waals surface area contributed by atoms with Crippen LogP contribution < -0.4 is 9.64 Å². The molecule has 1 amide bonds. The zero-order valence-electron chi connectivity index (χ0n) is 13.3. The summed E-state index contributed by atoms with van der Waals surface area (Å²) in [5.74, 6) is 0.322. The van der Waals surface area contributed by atoms with Gasteiger partial charge >= 0.3 is 0 Å². The van der Waals surface area contributed by atoms with Crippen molar-refractivity contribution in [1.82, 2.24) is 0 Å². The van der Waals surface area contributed by atoms with Crippen LogP contribution >= 0.6 is 11.8 Å². The van der Waals surface area contributed by atoms with E-state index in [1.807, 2.05) is 48.5 Å². The first-order chi connectivity index (χ1) is 11.7. The Morgan fingerprint density at radius 1 is 1.17 bits per heavy atom. The second kappa shape index (κ2) is 7.25. The van der Waals surface area contributed by atoms with Gasteiger partial charge in [-0.2, -0.15) is 0 Å². The molecule has 0 fully saturated rings. The highest BCUT2D eigenvalue weighted by Crippen LogP contribution is 2.45. The lowest BCUT2D eigenvalue weighted by Gasteiger charge is -2.24. The van der Waals surface area contributed by atoms with Crippen LogP contribution in [-0.4, -0.2) is 42.5 Å². The molecule has 0 spiro atoms. The van der Waals surface area contributed by atoms with E-state index in [2.05, 4.69) is 0 Å². The van der Waals surface area contributed by atoms with E-state index in [9.17, 15) is 15.0 Å². The van der Waals surface area contributed by atoms with Crippen LogP contribution in [0.3, 0.4) is 0 Å². The van der Waals surface area contributed by atoms with Gasteiger partial charge in [0.15, 0.2) is 0 Å². The van der Waals surface area contributed by atoms with Crippen molar-refractivity contribution >= 4 is 23.4 Å². The zero-order valence-corrected chi connectivity index (χ0v) is 14.1. The topological polar surface area (TPSA) is 70.0 Å². The third-order valence-corrected chi connectivity index (χ3v) is 5.37. The fourth-order valence-corrected chi connectivity index (χ4v) is 4.03. The summed E-state index contributed by atoms with van der Waals surface area (Å²) in [6.45, 7) is -0.00649. The molecular weight excluding hydrogens is 326 g/mol. The predicted octanol–water partition coefficient (Wildman–Crippen LogP) is 2.23. The van der Waals surface area contributed by atoms with E-state index in [-0.39, 0.29) is 13.2 Å². The highest BCUT2D eigenvalue weighted by atomic mass is 32.2. The predicted molar refractivity (Wildman–Crippen MR) is 93.5 cm³/mol. The lowest BCUT2D eigenvalue weighted by atomic mass is 10.1. The van der Waals surface area contributed by atoms with Crippen LogP contribution in [0.4, 0.5) is 5.69 Å². The molecule has 6 heteroatoms. The molecule has 2 N–H and O–H groups in total. The first kappa shape index (κ1) is 16.8. The maximum absolute atomic E-state index is 12.7. The number of fused-ring (bicyclic) bond motifs is 1. The van der Waals surface area contributed by atoms with Crippen LogP contribution in [0.5, 0.6) is 5.75 Å². The number of aliphatic hydroxyl groups excluding tert-OH is 2. The minimum atomic E-state index is -1.19. The number of anilines is 1. The van der Waals surface area contributed by atoms with E-state index in [1.165, 1.54) is 16.7 Å². The Hall–Kier alpha value is -2.02. The molecule has 2 atom stereocenters. The molecule has 126 valence electrons. The molecule has 0 aromatic heterocycles. The number of hydrogen-bond acceptors (Lipinski definition) is 5. The highest BCUT2D eigenvalue weighted by molar-refractivity contribution is 7.99. The summed E-state index contributed by atoms with van der Waals surface area (Å²) in [6.07, 6.45) is -1.19. The Bertz CT molecular complexity index is 719. The summed E-state index contributed by atoms with van der Waals surface area (Å²) in [4.78, 5) is 15.1. The van der Waals surface area contributed by atoms with Gasteiger partial charge < -0.3 is 19.8 Å². The summed E-state index contributed by atoms with van der Waals surface area (Å²) in [5, 5.41) is 19.5. The summed E-state index contributed by atoms with van der Waals surface area (Å²) < 4.78 is 5.16. The van der Waals surface area contributed by atoms with E-state index in [0.29, 0.717) is 0 Å². The standard InChI is InChI=1S/C18H19NO4S/c1-23-13-8-6-12(7-9-13)17-16(21)18(22)19(10-11-20)14-4-2-3-5-15(14)24-17/h2-9,16-17,20-21H,10-11H2,1H3/t16-,17+/m1/s1. The van der Waals surface area contributed by atoms with E-state index >= 15 is 0 Å². The van der Waals surface area contributed by atoms with E-state index < -0.39 is 17.3 Å². The fraction of sp³-hybridized carbons (Fsp3) is 0.278. The summed E-state index contributed by atoms with van der Waals surface area (Å²) in [5.41, 5.74) is 1.57. The number of carbonyl (C=O) groups is 1. The molecule has 0 unspecified atom stereocenters. The summed E-state index contributed by atoms with van der Waals surface area (Å²) in [6, 6.07) is 14.8. The minimum absolute atomic E-state index is 0.156. The number of benzene rings is 2. The maximum Gasteiger partial charge on any atom is 0.257 e. The Morgan fingerprint density at radius 2 is 1.88 bits per heavy atom. The van der Waals surface area contributed by atoms with Crippen LogP contribution in [0.2, 0.25) is 0 Å². The van der Waals surface area contributed by atoms with Crippen molar-refractivity contribution in [3.05, 3.63) is 54.1 Å². The number of ether oxygens (including phenoxy) is 1. The molecule has 0 aliphatic carbocycles. The lowest BCUT2D eigenvalue weighted by molar-refractivity contribution is -0.126. The smallest absolute Gasteiger partial charge is 0.257 e. The van der Waals surface area contributed by atoms with Gasteiger partial charge in [-0.25, -0.2) is 0 Å². The molecule has 0 saturated heterocycles. The monoisotopic (exact) mass is 345 g/mol. The highest BCUT2D eigenvalue weighted by Gasteiger charge is 2.36. The number of hydrogen-bond donors (Lipinski definition) is 2. The van der Waals surface area contributed by atoms with Crippen molar-refractivity contribution in [2.24, 2.45) is 0 Å². The van der Waals surface area contributed by atoms with Gasteiger partial charge in [0.2, 0.25) is 0 Å². The van der Waals surface area contributed by atoms with Crippen molar-refractivity contribution in [2.75, 3.05) is 25.2 Å². The molecule has 0 bridgehead atoms. The molecule has 2 aromatic carbocycles. The molecular formula is C18H19NO4S. The van der Waals surface area contributed by atoms with Crippen molar-refractivity contribution in [1.29, 1.82) is 0 Å². The van der Waals surface area contributed by atoms with E-state index in [0.717, 1.165) is 21.9 Å². The van der Waals surface area contributed by atoms with Gasteiger partial charge in [0, 0.05) is 11.4 Å². The number of nitrogens with zero attached hydrogens (tertiary/aromatic N) is 1. The second-order valence-corrected chi connectivity index (χ2v) is 6.62. The van der Waals surface area contributed by atoms with Crippen LogP contribution in [-0.2, 0) is 4.79 Å². The molecule has 1 aliphatic rings. The molecule has 0 saturated carbocycles. The van der Waals surface area contributed by atoms with Crippen molar-refractivity contribution in [3.63, 3.8) is 0 Å². The first-order valence-corrected chi connectivity index (χ1v) is 8.53. The molecule has 3 rings (SSSR count). The van der Waals surface area contributed by atoms with Crippen LogP contribution in [0.15, 0.2) is 53.4 Å². The van der Waals surface area contributed by atoms with Gasteiger partial charge in [-0.05, 0) is 29.8 Å². The van der Waals surface area contributed by atoms with Crippen LogP contribution in [0.1, 0.15) is 10.8 Å². The van der Waals surface area contributed by atoms with Gasteiger partial charge in [-0.1, -0.05) is 24.3 Å². The van der Waals surface area contributed by atoms with E-state index in [1.54, 1.807) is 7.11 Å². The SMILES string of the molecule is COc1ccc([C@@H]2Sc3ccccc3N(CCO)C(=O)[C@@H]2O)cc1. The first-order valence-electron chi connectivity index (χ1n) is 7.65. The second-order valence-electron chi connectivity index (χ2n) is 5.44. The van der Waals surface area contributed by atoms with Crippen LogP contribution in [0, 0.1) is 0 Å². The lowest BCUT2D eigenvalue weighted by Crippen LogP contribution is -2.41. The summed E-state index contributed by atoms with van der Waals surface area (Å²) in [7, 11) is 1.59. The number of carbonyl (C=O) groups excluding carboxylic acids is 1. The number of thioether (sulfide) groups is 1. The number of rotatable bonds is 4. The van der Waals surface area contributed by atoms with E-state index in [4.69, 9.17) is 4.74 Å². The van der Waals surface area contributed by atoms with Gasteiger partial charge in [-0.3, -0.25) is 4.79 Å². The van der Waals surface area contributed by atoms with Crippen molar-refractivity contribution in [2.45, 2.75) is 16.2 Å². The number of β-amino-alcohol motifs (C(OH)–C–C–N with tert-alkyl or cyclic N) is 1. The molecule has 2 aromatic rings. The summed E-state index contributed by atoms with van der Waals surface area (Å²) >= 11 is 1.45. The largest absolute Gasteiger partial charge is 0.497 e. The zero-order chi connectivity index (χ0) is 17.1. The average Bonchev–Trinajstić information content (AvgIpc) is 2.73. The van der Waals surface area contributed by atoms with Gasteiger partial charge in [0.1, 0.15) is 11.9 Å². The number of amides is 1. The Kier molecular flexibility index (Phi) is 5.08. The fourth-order valence-electron chi connectivity index (χ4n) is 2.76. The molecule has 24 heavy (non-hydrogen) atoms. The van der Waals surface area contributed by atoms with Crippen molar-refractivity contribution < 1.29 is 19.7 Å². The average molecular weight is 345 g/mol. The third-order valence-electron chi connectivity index (χ3n) is 3.98. The normalized spacial score (nSPS) is 20.5. The van der Waals surface area contributed by atoms with Gasteiger partial charge in [0.25, 0.3) is 5.91 Å².